The number of aryl methyl sites for hydroxylation is 3. The lowest BCUT2D eigenvalue weighted by molar-refractivity contribution is 0.103. The van der Waals surface area contributed by atoms with Gasteiger partial charge in [0.05, 0.1) is 10.6 Å². The zero-order valence-electron chi connectivity index (χ0n) is 11.3. The molecule has 4 heteroatoms. The van der Waals surface area contributed by atoms with Gasteiger partial charge in [0.1, 0.15) is 0 Å². The number of benzene rings is 1. The van der Waals surface area contributed by atoms with E-state index < -0.39 is 0 Å². The lowest BCUT2D eigenvalue weighted by Crippen LogP contribution is -2.10. The SMILES string of the molecule is Cc1cccc(NC(=O)c2cc3c(s2)CCCC3)c1Br. The minimum atomic E-state index is -0.00398. The summed E-state index contributed by atoms with van der Waals surface area (Å²) in [6, 6.07) is 7.96. The number of hydrogen-bond acceptors (Lipinski definition) is 2. The molecule has 3 rings (SSSR count). The number of thiophene rings is 1. The van der Waals surface area contributed by atoms with Crippen LogP contribution < -0.4 is 5.32 Å². The molecule has 2 aromatic rings. The minimum Gasteiger partial charge on any atom is -0.320 e. The minimum absolute atomic E-state index is 0.00398. The molecular formula is C16H16BrNOS. The van der Waals surface area contributed by atoms with Crippen molar-refractivity contribution in [2.75, 3.05) is 5.32 Å². The van der Waals surface area contributed by atoms with Gasteiger partial charge in [0.2, 0.25) is 0 Å². The number of nitrogens with one attached hydrogen (secondary N) is 1. The first-order valence-corrected chi connectivity index (χ1v) is 8.44. The van der Waals surface area contributed by atoms with E-state index in [0.717, 1.165) is 33.4 Å². The molecule has 1 aliphatic carbocycles. The van der Waals surface area contributed by atoms with E-state index >= 15 is 0 Å². The topological polar surface area (TPSA) is 29.1 Å². The molecule has 1 aromatic carbocycles. The number of halogens is 1. The van der Waals surface area contributed by atoms with Gasteiger partial charge >= 0.3 is 0 Å². The van der Waals surface area contributed by atoms with E-state index in [1.165, 1.54) is 23.3 Å². The van der Waals surface area contributed by atoms with Gasteiger partial charge in [-0.25, -0.2) is 0 Å². The number of hydrogen-bond donors (Lipinski definition) is 1. The van der Waals surface area contributed by atoms with E-state index in [4.69, 9.17) is 0 Å². The van der Waals surface area contributed by atoms with Gasteiger partial charge in [-0.05, 0) is 71.8 Å². The monoisotopic (exact) mass is 349 g/mol. The molecule has 1 aromatic heterocycles. The van der Waals surface area contributed by atoms with Gasteiger partial charge < -0.3 is 5.32 Å². The van der Waals surface area contributed by atoms with Crippen molar-refractivity contribution in [2.45, 2.75) is 32.6 Å². The van der Waals surface area contributed by atoms with E-state index in [0.29, 0.717) is 0 Å². The first-order valence-electron chi connectivity index (χ1n) is 6.83. The van der Waals surface area contributed by atoms with Crippen molar-refractivity contribution in [3.63, 3.8) is 0 Å². The average Bonchev–Trinajstić information content (AvgIpc) is 2.88. The second-order valence-electron chi connectivity index (χ2n) is 5.16. The summed E-state index contributed by atoms with van der Waals surface area (Å²) in [6.07, 6.45) is 4.74. The Morgan fingerprint density at radius 2 is 2.10 bits per heavy atom. The number of fused-ring (bicyclic) bond motifs is 1. The smallest absolute Gasteiger partial charge is 0.265 e. The molecule has 0 saturated heterocycles. The third kappa shape index (κ3) is 2.67. The van der Waals surface area contributed by atoms with Crippen LogP contribution in [0.15, 0.2) is 28.7 Å². The molecule has 0 spiro atoms. The summed E-state index contributed by atoms with van der Waals surface area (Å²) in [5, 5.41) is 3.00. The average molecular weight is 350 g/mol. The van der Waals surface area contributed by atoms with Gasteiger partial charge in [-0.1, -0.05) is 12.1 Å². The molecule has 0 saturated carbocycles. The lowest BCUT2D eigenvalue weighted by atomic mass is 9.99. The van der Waals surface area contributed by atoms with E-state index in [9.17, 15) is 4.79 Å². The van der Waals surface area contributed by atoms with Crippen LogP contribution in [0.25, 0.3) is 0 Å². The van der Waals surface area contributed by atoms with Gasteiger partial charge in [-0.3, -0.25) is 4.79 Å². The van der Waals surface area contributed by atoms with Gasteiger partial charge in [0.25, 0.3) is 5.91 Å². The van der Waals surface area contributed by atoms with Gasteiger partial charge in [0.15, 0.2) is 0 Å². The van der Waals surface area contributed by atoms with Crippen molar-refractivity contribution >= 4 is 38.9 Å². The largest absolute Gasteiger partial charge is 0.320 e. The third-order valence-corrected chi connectivity index (χ3v) is 5.95. The second-order valence-corrected chi connectivity index (χ2v) is 7.09. The molecule has 0 radical (unpaired) electrons. The van der Waals surface area contributed by atoms with Crippen LogP contribution in [0.4, 0.5) is 5.69 Å². The van der Waals surface area contributed by atoms with Crippen molar-refractivity contribution in [3.8, 4) is 0 Å². The third-order valence-electron chi connectivity index (χ3n) is 3.66. The number of carbonyl (C=O) groups is 1. The van der Waals surface area contributed by atoms with Gasteiger partial charge in [-0.2, -0.15) is 0 Å². The van der Waals surface area contributed by atoms with Crippen molar-refractivity contribution in [1.29, 1.82) is 0 Å². The molecule has 20 heavy (non-hydrogen) atoms. The Balaban J connectivity index is 1.82. The molecule has 1 N–H and O–H groups in total. The highest BCUT2D eigenvalue weighted by Crippen LogP contribution is 2.31. The van der Waals surface area contributed by atoms with Crippen molar-refractivity contribution in [2.24, 2.45) is 0 Å². The highest BCUT2D eigenvalue weighted by Gasteiger charge is 2.17. The van der Waals surface area contributed by atoms with Crippen LogP contribution in [0.2, 0.25) is 0 Å². The Hall–Kier alpha value is -1.13. The maximum absolute atomic E-state index is 12.4. The summed E-state index contributed by atoms with van der Waals surface area (Å²) in [4.78, 5) is 14.6. The van der Waals surface area contributed by atoms with Crippen LogP contribution in [-0.2, 0) is 12.8 Å². The Kier molecular flexibility index (Phi) is 3.94. The standard InChI is InChI=1S/C16H16BrNOS/c1-10-5-4-7-12(15(10)17)18-16(19)14-9-11-6-2-3-8-13(11)20-14/h4-5,7,9H,2-3,6,8H2,1H3,(H,18,19). The fourth-order valence-electron chi connectivity index (χ4n) is 2.53. The molecule has 0 atom stereocenters. The maximum atomic E-state index is 12.4. The molecule has 0 fully saturated rings. The zero-order chi connectivity index (χ0) is 14.1. The molecule has 104 valence electrons. The first-order chi connectivity index (χ1) is 9.65. The van der Waals surface area contributed by atoms with Crippen LogP contribution >= 0.6 is 27.3 Å². The number of rotatable bonds is 2. The molecule has 0 unspecified atom stereocenters. The highest BCUT2D eigenvalue weighted by atomic mass is 79.9. The Bertz CT molecular complexity index is 639. The van der Waals surface area contributed by atoms with Gasteiger partial charge in [0, 0.05) is 9.35 Å². The van der Waals surface area contributed by atoms with Gasteiger partial charge in [-0.15, -0.1) is 11.3 Å². The van der Waals surface area contributed by atoms with E-state index in [-0.39, 0.29) is 5.91 Å². The molecular weight excluding hydrogens is 334 g/mol. The van der Waals surface area contributed by atoms with E-state index in [1.54, 1.807) is 11.3 Å². The molecule has 1 aliphatic rings. The molecule has 1 amide bonds. The Labute approximate surface area is 131 Å². The second kappa shape index (κ2) is 5.70. The summed E-state index contributed by atoms with van der Waals surface area (Å²) < 4.78 is 0.953. The molecule has 0 bridgehead atoms. The number of amides is 1. The number of anilines is 1. The van der Waals surface area contributed by atoms with Crippen LogP contribution in [0.1, 0.15) is 38.5 Å². The van der Waals surface area contributed by atoms with Crippen molar-refractivity contribution < 1.29 is 4.79 Å². The first kappa shape index (κ1) is 13.8. The van der Waals surface area contributed by atoms with Crippen molar-refractivity contribution in [3.05, 3.63) is 49.6 Å². The number of carbonyl (C=O) groups excluding carboxylic acids is 1. The Morgan fingerprint density at radius 1 is 1.30 bits per heavy atom. The summed E-state index contributed by atoms with van der Waals surface area (Å²) in [5.74, 6) is -0.00398. The van der Waals surface area contributed by atoms with E-state index in [1.807, 2.05) is 25.1 Å². The zero-order valence-corrected chi connectivity index (χ0v) is 13.7. The van der Waals surface area contributed by atoms with Crippen molar-refractivity contribution in [1.82, 2.24) is 0 Å². The quantitative estimate of drug-likeness (QED) is 0.816. The summed E-state index contributed by atoms with van der Waals surface area (Å²) in [5.41, 5.74) is 3.32. The van der Waals surface area contributed by atoms with Crippen LogP contribution in [0.5, 0.6) is 0 Å². The lowest BCUT2D eigenvalue weighted by Gasteiger charge is -2.08. The summed E-state index contributed by atoms with van der Waals surface area (Å²) in [6.45, 7) is 2.02. The van der Waals surface area contributed by atoms with Crippen LogP contribution in [-0.4, -0.2) is 5.91 Å². The predicted octanol–water partition coefficient (Wildman–Crippen LogP) is 4.95. The normalized spacial score (nSPS) is 13.9. The summed E-state index contributed by atoms with van der Waals surface area (Å²) in [7, 11) is 0. The molecule has 0 aliphatic heterocycles. The predicted molar refractivity (Wildman–Crippen MR) is 87.8 cm³/mol. The highest BCUT2D eigenvalue weighted by molar-refractivity contribution is 9.10. The summed E-state index contributed by atoms with van der Waals surface area (Å²) >= 11 is 5.17. The molecule has 2 nitrogen and oxygen atoms in total. The fraction of sp³-hybridized carbons (Fsp3) is 0.312. The fourth-order valence-corrected chi connectivity index (χ4v) is 4.04. The Morgan fingerprint density at radius 3 is 2.90 bits per heavy atom. The maximum Gasteiger partial charge on any atom is 0.265 e. The van der Waals surface area contributed by atoms with Crippen LogP contribution in [0.3, 0.4) is 0 Å². The van der Waals surface area contributed by atoms with Crippen LogP contribution in [0, 0.1) is 6.92 Å². The molecule has 1 heterocycles. The van der Waals surface area contributed by atoms with E-state index in [2.05, 4.69) is 27.3 Å².